The summed E-state index contributed by atoms with van der Waals surface area (Å²) in [6.45, 7) is 0. The second-order valence-corrected chi connectivity index (χ2v) is 2.57. The standard InChI is InChI=1S/C6H13NO.ClH/c7-5-1-3-6(8)4-2-5;/h5-6,8H,1-4,7H2;1H/t5-,6-;. The summed E-state index contributed by atoms with van der Waals surface area (Å²) in [7, 11) is 0. The van der Waals surface area contributed by atoms with E-state index in [1.54, 1.807) is 0 Å². The third kappa shape index (κ3) is 3.04. The Labute approximate surface area is 61.8 Å². The van der Waals surface area contributed by atoms with Crippen LogP contribution in [0.15, 0.2) is 0 Å². The summed E-state index contributed by atoms with van der Waals surface area (Å²) in [4.78, 5) is 0. The first-order valence-electron chi connectivity index (χ1n) is 3.22. The highest BCUT2D eigenvalue weighted by molar-refractivity contribution is 5.85. The van der Waals surface area contributed by atoms with Gasteiger partial charge in [0.25, 0.3) is 0 Å². The van der Waals surface area contributed by atoms with E-state index in [1.165, 1.54) is 0 Å². The lowest BCUT2D eigenvalue weighted by molar-refractivity contribution is 0.123. The molecule has 0 aliphatic heterocycles. The number of hydrogen-bond acceptors (Lipinski definition) is 2. The number of nitrogens with two attached hydrogens (primary N) is 1. The van der Waals surface area contributed by atoms with E-state index in [9.17, 15) is 0 Å². The van der Waals surface area contributed by atoms with E-state index in [0.29, 0.717) is 6.04 Å². The molecule has 0 saturated heterocycles. The highest BCUT2D eigenvalue weighted by atomic mass is 35.5. The zero-order chi connectivity index (χ0) is 5.98. The van der Waals surface area contributed by atoms with Crippen LogP contribution in [0.2, 0.25) is 0 Å². The predicted molar refractivity (Wildman–Crippen MR) is 39.7 cm³/mol. The molecule has 0 amide bonds. The Morgan fingerprint density at radius 2 is 1.56 bits per heavy atom. The lowest BCUT2D eigenvalue weighted by Crippen LogP contribution is -2.28. The Kier molecular flexibility index (Phi) is 4.19. The first kappa shape index (κ1) is 9.21. The predicted octanol–water partition coefficient (Wildman–Crippen LogP) is 0.670. The molecule has 0 radical (unpaired) electrons. The Bertz CT molecular complexity index is 61.5. The van der Waals surface area contributed by atoms with Gasteiger partial charge in [0.1, 0.15) is 0 Å². The van der Waals surface area contributed by atoms with Crippen molar-refractivity contribution in [1.29, 1.82) is 0 Å². The van der Waals surface area contributed by atoms with Gasteiger partial charge in [0, 0.05) is 6.04 Å². The molecule has 0 heterocycles. The lowest BCUT2D eigenvalue weighted by Gasteiger charge is -2.21. The van der Waals surface area contributed by atoms with Gasteiger partial charge in [-0.15, -0.1) is 12.4 Å². The SMILES string of the molecule is Cl.N[C@H]1CC[C@H](O)CC1. The second-order valence-electron chi connectivity index (χ2n) is 2.57. The van der Waals surface area contributed by atoms with Crippen LogP contribution in [-0.4, -0.2) is 17.3 Å². The quantitative estimate of drug-likeness (QED) is 0.535. The van der Waals surface area contributed by atoms with E-state index in [0.717, 1.165) is 25.7 Å². The average molecular weight is 152 g/mol. The molecular formula is C6H14ClNO. The minimum atomic E-state index is -0.0604. The molecule has 1 aliphatic rings. The molecule has 3 heteroatoms. The van der Waals surface area contributed by atoms with Crippen LogP contribution in [0, 0.1) is 0 Å². The molecule has 1 fully saturated rings. The van der Waals surface area contributed by atoms with Crippen molar-refractivity contribution in [1.82, 2.24) is 0 Å². The van der Waals surface area contributed by atoms with Gasteiger partial charge in [-0.25, -0.2) is 0 Å². The van der Waals surface area contributed by atoms with Gasteiger partial charge in [0.2, 0.25) is 0 Å². The van der Waals surface area contributed by atoms with E-state index < -0.39 is 0 Å². The fourth-order valence-electron chi connectivity index (χ4n) is 1.10. The first-order valence-corrected chi connectivity index (χ1v) is 3.22. The number of rotatable bonds is 0. The van der Waals surface area contributed by atoms with Crippen LogP contribution in [0.25, 0.3) is 0 Å². The van der Waals surface area contributed by atoms with E-state index in [1.807, 2.05) is 0 Å². The van der Waals surface area contributed by atoms with Gasteiger partial charge >= 0.3 is 0 Å². The number of halogens is 1. The summed E-state index contributed by atoms with van der Waals surface area (Å²) >= 11 is 0. The summed E-state index contributed by atoms with van der Waals surface area (Å²) in [5.74, 6) is 0. The maximum absolute atomic E-state index is 8.97. The Balaban J connectivity index is 0.000000640. The van der Waals surface area contributed by atoms with Crippen molar-refractivity contribution in [2.45, 2.75) is 37.8 Å². The number of aliphatic hydroxyl groups excluding tert-OH is 1. The maximum atomic E-state index is 8.97. The van der Waals surface area contributed by atoms with Crippen LogP contribution >= 0.6 is 12.4 Å². The van der Waals surface area contributed by atoms with Crippen molar-refractivity contribution < 1.29 is 5.11 Å². The molecule has 0 spiro atoms. The van der Waals surface area contributed by atoms with Crippen molar-refractivity contribution in [2.24, 2.45) is 5.73 Å². The fourth-order valence-corrected chi connectivity index (χ4v) is 1.10. The smallest absolute Gasteiger partial charge is 0.0541 e. The summed E-state index contributed by atoms with van der Waals surface area (Å²) in [5, 5.41) is 8.97. The normalized spacial score (nSPS) is 35.3. The highest BCUT2D eigenvalue weighted by Gasteiger charge is 2.14. The molecule has 1 aliphatic carbocycles. The molecule has 0 aromatic rings. The Morgan fingerprint density at radius 3 is 1.89 bits per heavy atom. The van der Waals surface area contributed by atoms with E-state index in [2.05, 4.69) is 0 Å². The molecule has 0 bridgehead atoms. The van der Waals surface area contributed by atoms with Crippen molar-refractivity contribution in [2.75, 3.05) is 0 Å². The van der Waals surface area contributed by atoms with Crippen LogP contribution in [0.3, 0.4) is 0 Å². The zero-order valence-corrected chi connectivity index (χ0v) is 6.23. The second kappa shape index (κ2) is 4.09. The van der Waals surface area contributed by atoms with E-state index >= 15 is 0 Å². The van der Waals surface area contributed by atoms with Gasteiger partial charge in [0.15, 0.2) is 0 Å². The van der Waals surface area contributed by atoms with Crippen molar-refractivity contribution >= 4 is 12.4 Å². The van der Waals surface area contributed by atoms with Gasteiger partial charge < -0.3 is 10.8 Å². The molecule has 0 aromatic heterocycles. The van der Waals surface area contributed by atoms with Crippen LogP contribution in [0.1, 0.15) is 25.7 Å². The summed E-state index contributed by atoms with van der Waals surface area (Å²) in [6, 6.07) is 0.360. The van der Waals surface area contributed by atoms with Crippen LogP contribution in [0.4, 0.5) is 0 Å². The fraction of sp³-hybridized carbons (Fsp3) is 1.00. The van der Waals surface area contributed by atoms with E-state index in [4.69, 9.17) is 10.8 Å². The molecule has 0 aromatic carbocycles. The van der Waals surface area contributed by atoms with Crippen LogP contribution in [0.5, 0.6) is 0 Å². The zero-order valence-electron chi connectivity index (χ0n) is 5.42. The molecule has 2 nitrogen and oxygen atoms in total. The molecule has 1 rings (SSSR count). The third-order valence-corrected chi connectivity index (χ3v) is 1.74. The molecule has 1 saturated carbocycles. The molecular weight excluding hydrogens is 138 g/mol. The van der Waals surface area contributed by atoms with Gasteiger partial charge in [0.05, 0.1) is 6.10 Å². The average Bonchev–Trinajstić information content (AvgIpc) is 1.77. The van der Waals surface area contributed by atoms with Crippen molar-refractivity contribution in [3.8, 4) is 0 Å². The van der Waals surface area contributed by atoms with Crippen molar-refractivity contribution in [3.05, 3.63) is 0 Å². The van der Waals surface area contributed by atoms with Crippen LogP contribution in [-0.2, 0) is 0 Å². The molecule has 3 N–H and O–H groups in total. The van der Waals surface area contributed by atoms with Gasteiger partial charge in [-0.05, 0) is 25.7 Å². The highest BCUT2D eigenvalue weighted by Crippen LogP contribution is 2.15. The minimum absolute atomic E-state index is 0. The molecule has 0 atom stereocenters. The molecule has 0 unspecified atom stereocenters. The van der Waals surface area contributed by atoms with E-state index in [-0.39, 0.29) is 18.5 Å². The number of hydrogen-bond donors (Lipinski definition) is 2. The van der Waals surface area contributed by atoms with Crippen LogP contribution < -0.4 is 5.73 Å². The van der Waals surface area contributed by atoms with Gasteiger partial charge in [-0.1, -0.05) is 0 Å². The Hall–Kier alpha value is 0.210. The largest absolute Gasteiger partial charge is 0.393 e. The third-order valence-electron chi connectivity index (χ3n) is 1.74. The lowest BCUT2D eigenvalue weighted by atomic mass is 9.94. The minimum Gasteiger partial charge on any atom is -0.393 e. The van der Waals surface area contributed by atoms with Gasteiger partial charge in [-0.2, -0.15) is 0 Å². The topological polar surface area (TPSA) is 46.2 Å². The summed E-state index contributed by atoms with van der Waals surface area (Å²) in [6.07, 6.45) is 3.75. The summed E-state index contributed by atoms with van der Waals surface area (Å²) < 4.78 is 0. The maximum Gasteiger partial charge on any atom is 0.0541 e. The number of aliphatic hydroxyl groups is 1. The monoisotopic (exact) mass is 151 g/mol. The van der Waals surface area contributed by atoms with Crippen molar-refractivity contribution in [3.63, 3.8) is 0 Å². The Morgan fingerprint density at radius 1 is 1.11 bits per heavy atom. The van der Waals surface area contributed by atoms with Gasteiger partial charge in [-0.3, -0.25) is 0 Å². The summed E-state index contributed by atoms with van der Waals surface area (Å²) in [5.41, 5.74) is 5.59. The molecule has 56 valence electrons. The molecule has 9 heavy (non-hydrogen) atoms. The first-order chi connectivity index (χ1) is 3.79.